The van der Waals surface area contributed by atoms with E-state index in [0.29, 0.717) is 5.69 Å². The summed E-state index contributed by atoms with van der Waals surface area (Å²) in [4.78, 5) is 50.1. The molecule has 7 nitrogen and oxygen atoms in total. The van der Waals surface area contributed by atoms with Gasteiger partial charge in [-0.3, -0.25) is 19.3 Å². The number of amides is 3. The lowest BCUT2D eigenvalue weighted by Crippen LogP contribution is -2.30. The van der Waals surface area contributed by atoms with Crippen molar-refractivity contribution in [1.29, 1.82) is 0 Å². The van der Waals surface area contributed by atoms with Gasteiger partial charge in [0.25, 0.3) is 17.7 Å². The molecule has 0 aliphatic carbocycles. The van der Waals surface area contributed by atoms with Crippen molar-refractivity contribution in [3.63, 3.8) is 0 Å². The molecule has 0 saturated heterocycles. The molecule has 8 heteroatoms. The fourth-order valence-corrected chi connectivity index (χ4v) is 2.77. The Balaban J connectivity index is 1.69. The summed E-state index contributed by atoms with van der Waals surface area (Å²) in [7, 11) is 0. The number of imide groups is 1. The molecule has 0 fully saturated rings. The highest BCUT2D eigenvalue weighted by molar-refractivity contribution is 6.22. The molecule has 1 N–H and O–H groups in total. The van der Waals surface area contributed by atoms with E-state index in [4.69, 9.17) is 4.74 Å². The van der Waals surface area contributed by atoms with Gasteiger partial charge in [0.05, 0.1) is 16.7 Å². The topological polar surface area (TPSA) is 92.8 Å². The van der Waals surface area contributed by atoms with Crippen molar-refractivity contribution in [2.24, 2.45) is 0 Å². The van der Waals surface area contributed by atoms with Crippen molar-refractivity contribution in [3.8, 4) is 0 Å². The summed E-state index contributed by atoms with van der Waals surface area (Å²) in [6.07, 6.45) is 0.286. The molecular weight excluding hydrogens is 379 g/mol. The minimum atomic E-state index is -1.14. The van der Waals surface area contributed by atoms with Gasteiger partial charge in [-0.25, -0.2) is 9.18 Å². The SMILES string of the molecule is C=CCN1C(=O)c2ccc(C(=O)O[C@@H](C)C(=O)Nc3ccc(F)cc3)cc2C1=O. The number of halogens is 1. The third kappa shape index (κ3) is 4.06. The van der Waals surface area contributed by atoms with Crippen LogP contribution in [-0.2, 0) is 9.53 Å². The standard InChI is InChI=1S/C21H17FN2O5/c1-3-10-24-19(26)16-9-4-13(11-17(16)20(24)27)21(28)29-12(2)18(25)23-15-7-5-14(22)6-8-15/h3-9,11-12H,1,10H2,2H3,(H,23,25)/t12-/m0/s1. The largest absolute Gasteiger partial charge is 0.449 e. The van der Waals surface area contributed by atoms with Crippen molar-refractivity contribution in [2.75, 3.05) is 11.9 Å². The molecule has 1 aliphatic rings. The number of anilines is 1. The fourth-order valence-electron chi connectivity index (χ4n) is 2.77. The van der Waals surface area contributed by atoms with Crippen LogP contribution in [0.2, 0.25) is 0 Å². The molecule has 0 saturated carbocycles. The van der Waals surface area contributed by atoms with Gasteiger partial charge in [0.2, 0.25) is 0 Å². The van der Waals surface area contributed by atoms with E-state index in [9.17, 15) is 23.6 Å². The van der Waals surface area contributed by atoms with Crippen LogP contribution in [0.4, 0.5) is 10.1 Å². The van der Waals surface area contributed by atoms with Crippen molar-refractivity contribution >= 4 is 29.4 Å². The maximum absolute atomic E-state index is 12.9. The first-order valence-corrected chi connectivity index (χ1v) is 8.70. The molecule has 148 valence electrons. The van der Waals surface area contributed by atoms with Gasteiger partial charge in [0.15, 0.2) is 6.10 Å². The fraction of sp³-hybridized carbons (Fsp3) is 0.143. The van der Waals surface area contributed by atoms with E-state index in [1.165, 1.54) is 55.5 Å². The molecule has 1 heterocycles. The van der Waals surface area contributed by atoms with E-state index in [0.717, 1.165) is 4.90 Å². The minimum Gasteiger partial charge on any atom is -0.449 e. The van der Waals surface area contributed by atoms with E-state index in [2.05, 4.69) is 11.9 Å². The first-order valence-electron chi connectivity index (χ1n) is 8.70. The average molecular weight is 396 g/mol. The zero-order valence-corrected chi connectivity index (χ0v) is 15.5. The molecule has 3 amide bonds. The number of benzene rings is 2. The number of nitrogens with zero attached hydrogens (tertiary/aromatic N) is 1. The number of fused-ring (bicyclic) bond motifs is 1. The van der Waals surface area contributed by atoms with Crippen LogP contribution < -0.4 is 5.32 Å². The Hall–Kier alpha value is -3.81. The van der Waals surface area contributed by atoms with Crippen LogP contribution in [0.15, 0.2) is 55.1 Å². The molecule has 0 aromatic heterocycles. The Morgan fingerprint density at radius 3 is 2.45 bits per heavy atom. The summed E-state index contributed by atoms with van der Waals surface area (Å²) < 4.78 is 18.1. The van der Waals surface area contributed by atoms with Gasteiger partial charge >= 0.3 is 5.97 Å². The summed E-state index contributed by atoms with van der Waals surface area (Å²) in [6.45, 7) is 4.95. The van der Waals surface area contributed by atoms with E-state index in [-0.39, 0.29) is 23.2 Å². The van der Waals surface area contributed by atoms with Crippen LogP contribution in [0, 0.1) is 5.82 Å². The van der Waals surface area contributed by atoms with Crippen LogP contribution in [0.3, 0.4) is 0 Å². The molecule has 1 atom stereocenters. The zero-order valence-electron chi connectivity index (χ0n) is 15.5. The monoisotopic (exact) mass is 396 g/mol. The molecule has 3 rings (SSSR count). The molecule has 2 aromatic carbocycles. The predicted octanol–water partition coefficient (Wildman–Crippen LogP) is 2.79. The zero-order chi connectivity index (χ0) is 21.1. The second-order valence-corrected chi connectivity index (χ2v) is 6.31. The van der Waals surface area contributed by atoms with Gasteiger partial charge in [-0.2, -0.15) is 0 Å². The highest BCUT2D eigenvalue weighted by Gasteiger charge is 2.35. The first kappa shape index (κ1) is 19.9. The predicted molar refractivity (Wildman–Crippen MR) is 102 cm³/mol. The van der Waals surface area contributed by atoms with E-state index < -0.39 is 35.6 Å². The van der Waals surface area contributed by atoms with E-state index in [1.807, 2.05) is 0 Å². The third-order valence-corrected chi connectivity index (χ3v) is 4.28. The summed E-state index contributed by atoms with van der Waals surface area (Å²) >= 11 is 0. The van der Waals surface area contributed by atoms with Crippen LogP contribution in [0.1, 0.15) is 38.0 Å². The highest BCUT2D eigenvalue weighted by atomic mass is 19.1. The average Bonchev–Trinajstić information content (AvgIpc) is 2.94. The van der Waals surface area contributed by atoms with Gasteiger partial charge in [-0.05, 0) is 49.4 Å². The first-order chi connectivity index (χ1) is 13.8. The van der Waals surface area contributed by atoms with Crippen LogP contribution in [0.25, 0.3) is 0 Å². The number of carbonyl (C=O) groups excluding carboxylic acids is 4. The lowest BCUT2D eigenvalue weighted by molar-refractivity contribution is -0.123. The van der Waals surface area contributed by atoms with E-state index >= 15 is 0 Å². The van der Waals surface area contributed by atoms with Crippen molar-refractivity contribution in [2.45, 2.75) is 13.0 Å². The maximum Gasteiger partial charge on any atom is 0.338 e. The van der Waals surface area contributed by atoms with Gasteiger partial charge in [0, 0.05) is 12.2 Å². The van der Waals surface area contributed by atoms with Crippen LogP contribution >= 0.6 is 0 Å². The molecule has 0 spiro atoms. The summed E-state index contributed by atoms with van der Waals surface area (Å²) in [5, 5.41) is 2.50. The lowest BCUT2D eigenvalue weighted by Gasteiger charge is -2.14. The second-order valence-electron chi connectivity index (χ2n) is 6.31. The number of hydrogen-bond acceptors (Lipinski definition) is 5. The van der Waals surface area contributed by atoms with Crippen LogP contribution in [-0.4, -0.2) is 41.2 Å². The molecule has 29 heavy (non-hydrogen) atoms. The molecular formula is C21H17FN2O5. The Kier molecular flexibility index (Phi) is 5.54. The molecule has 0 radical (unpaired) electrons. The van der Waals surface area contributed by atoms with Gasteiger partial charge in [-0.15, -0.1) is 6.58 Å². The Morgan fingerprint density at radius 2 is 1.79 bits per heavy atom. The number of rotatable bonds is 6. The molecule has 2 aromatic rings. The quantitative estimate of drug-likeness (QED) is 0.460. The Bertz CT molecular complexity index is 1020. The van der Waals surface area contributed by atoms with Crippen molar-refractivity contribution in [3.05, 3.63) is 77.6 Å². The number of ether oxygens (including phenoxy) is 1. The molecule has 0 unspecified atom stereocenters. The maximum atomic E-state index is 12.9. The lowest BCUT2D eigenvalue weighted by atomic mass is 10.1. The number of esters is 1. The third-order valence-electron chi connectivity index (χ3n) is 4.28. The smallest absolute Gasteiger partial charge is 0.338 e. The summed E-state index contributed by atoms with van der Waals surface area (Å²) in [5.41, 5.74) is 0.667. The highest BCUT2D eigenvalue weighted by Crippen LogP contribution is 2.24. The molecule has 1 aliphatic heterocycles. The van der Waals surface area contributed by atoms with Crippen LogP contribution in [0.5, 0.6) is 0 Å². The summed E-state index contributed by atoms with van der Waals surface area (Å²) in [6, 6.07) is 9.12. The van der Waals surface area contributed by atoms with Gasteiger partial charge in [0.1, 0.15) is 5.82 Å². The number of carbonyl (C=O) groups is 4. The van der Waals surface area contributed by atoms with Crippen molar-refractivity contribution < 1.29 is 28.3 Å². The Labute approximate surface area is 165 Å². The number of nitrogens with one attached hydrogen (secondary N) is 1. The second kappa shape index (κ2) is 8.05. The van der Waals surface area contributed by atoms with Gasteiger partial charge < -0.3 is 10.1 Å². The van der Waals surface area contributed by atoms with Gasteiger partial charge in [-0.1, -0.05) is 6.08 Å². The number of hydrogen-bond donors (Lipinski definition) is 1. The van der Waals surface area contributed by atoms with E-state index in [1.54, 1.807) is 0 Å². The Morgan fingerprint density at radius 1 is 1.14 bits per heavy atom. The summed E-state index contributed by atoms with van der Waals surface area (Å²) in [5.74, 6) is -2.86. The normalized spacial score (nSPS) is 13.7. The van der Waals surface area contributed by atoms with Crippen molar-refractivity contribution in [1.82, 2.24) is 4.90 Å². The molecule has 0 bridgehead atoms. The minimum absolute atomic E-state index is 0.0341.